The van der Waals surface area contributed by atoms with E-state index in [0.29, 0.717) is 6.04 Å². The van der Waals surface area contributed by atoms with Crippen LogP contribution in [-0.4, -0.2) is 12.7 Å². The van der Waals surface area contributed by atoms with Gasteiger partial charge in [-0.2, -0.15) is 0 Å². The summed E-state index contributed by atoms with van der Waals surface area (Å²) in [5, 5.41) is 0. The first-order chi connectivity index (χ1) is 9.16. The molecule has 0 amide bonds. The van der Waals surface area contributed by atoms with Crippen LogP contribution in [0.1, 0.15) is 13.8 Å². The maximum absolute atomic E-state index is 3.49. The Kier molecular flexibility index (Phi) is 3.23. The summed E-state index contributed by atoms with van der Waals surface area (Å²) in [5.74, 6) is 0. The minimum absolute atomic E-state index is 0.501. The summed E-state index contributed by atoms with van der Waals surface area (Å²) in [6.45, 7) is 5.39. The Morgan fingerprint density at radius 1 is 0.947 bits per heavy atom. The molecule has 0 atom stereocenters. The fourth-order valence-electron chi connectivity index (χ4n) is 2.52. The highest BCUT2D eigenvalue weighted by Gasteiger charge is 2.27. The zero-order valence-electron chi connectivity index (χ0n) is 11.2. The summed E-state index contributed by atoms with van der Waals surface area (Å²) in [6.07, 6.45) is 0. The van der Waals surface area contributed by atoms with Crippen LogP contribution in [0.4, 0.5) is 17.1 Å². The molecule has 3 rings (SSSR count). The van der Waals surface area contributed by atoms with Crippen molar-refractivity contribution >= 4 is 33.0 Å². The van der Waals surface area contributed by atoms with Gasteiger partial charge in [0, 0.05) is 16.2 Å². The van der Waals surface area contributed by atoms with E-state index in [-0.39, 0.29) is 0 Å². The number of anilines is 3. The van der Waals surface area contributed by atoms with Crippen LogP contribution in [0, 0.1) is 0 Å². The second-order valence-electron chi connectivity index (χ2n) is 5.10. The summed E-state index contributed by atoms with van der Waals surface area (Å²) >= 11 is 3.49. The highest BCUT2D eigenvalue weighted by Crippen LogP contribution is 2.41. The third-order valence-electron chi connectivity index (χ3n) is 3.54. The third-order valence-corrected chi connectivity index (χ3v) is 4.07. The molecule has 1 aliphatic rings. The normalized spacial score (nSPS) is 14.1. The first kappa shape index (κ1) is 12.5. The van der Waals surface area contributed by atoms with Crippen molar-refractivity contribution in [3.05, 3.63) is 53.0 Å². The number of halogens is 1. The van der Waals surface area contributed by atoms with Gasteiger partial charge in [-0.3, -0.25) is 0 Å². The summed E-state index contributed by atoms with van der Waals surface area (Å²) in [5.41, 5.74) is 3.85. The molecule has 1 heterocycles. The first-order valence-electron chi connectivity index (χ1n) is 6.55. The molecule has 2 aromatic carbocycles. The molecule has 0 bridgehead atoms. The Morgan fingerprint density at radius 3 is 2.21 bits per heavy atom. The maximum atomic E-state index is 3.49. The second-order valence-corrected chi connectivity index (χ2v) is 6.01. The second kappa shape index (κ2) is 4.89. The quantitative estimate of drug-likeness (QED) is 0.787. The Morgan fingerprint density at radius 2 is 1.58 bits per heavy atom. The lowest BCUT2D eigenvalue weighted by molar-refractivity contribution is 0.709. The van der Waals surface area contributed by atoms with Crippen molar-refractivity contribution in [2.24, 2.45) is 0 Å². The number of rotatable bonds is 2. The van der Waals surface area contributed by atoms with E-state index in [9.17, 15) is 0 Å². The summed E-state index contributed by atoms with van der Waals surface area (Å²) < 4.78 is 1.12. The molecular weight excluding hydrogens is 300 g/mol. The van der Waals surface area contributed by atoms with Crippen LogP contribution in [0.3, 0.4) is 0 Å². The molecule has 1 aliphatic heterocycles. The zero-order valence-corrected chi connectivity index (χ0v) is 12.8. The van der Waals surface area contributed by atoms with Crippen molar-refractivity contribution < 1.29 is 0 Å². The van der Waals surface area contributed by atoms with E-state index >= 15 is 0 Å². The smallest absolute Gasteiger partial charge is 0.0955 e. The van der Waals surface area contributed by atoms with E-state index in [2.05, 4.69) is 88.1 Å². The van der Waals surface area contributed by atoms with E-state index in [1.54, 1.807) is 0 Å². The predicted molar refractivity (Wildman–Crippen MR) is 85.2 cm³/mol. The number of hydrogen-bond acceptors (Lipinski definition) is 2. The topological polar surface area (TPSA) is 6.48 Å². The molecule has 0 N–H and O–H groups in total. The van der Waals surface area contributed by atoms with Gasteiger partial charge in [-0.05, 0) is 50.2 Å². The molecule has 0 spiro atoms. The lowest BCUT2D eigenvalue weighted by atomic mass is 10.2. The Bertz CT molecular complexity index is 578. The lowest BCUT2D eigenvalue weighted by Gasteiger charge is -2.25. The number of benzene rings is 2. The highest BCUT2D eigenvalue weighted by molar-refractivity contribution is 9.10. The van der Waals surface area contributed by atoms with Gasteiger partial charge < -0.3 is 9.80 Å². The van der Waals surface area contributed by atoms with Gasteiger partial charge in [0.15, 0.2) is 0 Å². The summed E-state index contributed by atoms with van der Waals surface area (Å²) in [6, 6.07) is 17.6. The fourth-order valence-corrected chi connectivity index (χ4v) is 2.79. The van der Waals surface area contributed by atoms with Gasteiger partial charge in [0.05, 0.1) is 18.0 Å². The van der Waals surface area contributed by atoms with E-state index in [1.165, 1.54) is 17.1 Å². The van der Waals surface area contributed by atoms with E-state index in [4.69, 9.17) is 0 Å². The van der Waals surface area contributed by atoms with Gasteiger partial charge in [0.1, 0.15) is 0 Å². The average Bonchev–Trinajstić information content (AvgIpc) is 2.79. The minimum Gasteiger partial charge on any atom is -0.349 e. The van der Waals surface area contributed by atoms with Gasteiger partial charge in [0.25, 0.3) is 0 Å². The van der Waals surface area contributed by atoms with Gasteiger partial charge in [-0.1, -0.05) is 28.1 Å². The molecule has 0 saturated heterocycles. The van der Waals surface area contributed by atoms with Crippen LogP contribution in [-0.2, 0) is 0 Å². The van der Waals surface area contributed by atoms with Crippen molar-refractivity contribution in [2.45, 2.75) is 19.9 Å². The van der Waals surface area contributed by atoms with Crippen LogP contribution >= 0.6 is 15.9 Å². The molecule has 2 aromatic rings. The van der Waals surface area contributed by atoms with E-state index < -0.39 is 0 Å². The van der Waals surface area contributed by atoms with Crippen molar-refractivity contribution in [3.63, 3.8) is 0 Å². The summed E-state index contributed by atoms with van der Waals surface area (Å²) in [4.78, 5) is 4.79. The number of fused-ring (bicyclic) bond motifs is 1. The Hall–Kier alpha value is -1.48. The van der Waals surface area contributed by atoms with Crippen molar-refractivity contribution in [2.75, 3.05) is 16.5 Å². The molecule has 19 heavy (non-hydrogen) atoms. The number of para-hydroxylation sites is 2. The molecule has 0 unspecified atom stereocenters. The van der Waals surface area contributed by atoms with Crippen LogP contribution in [0.5, 0.6) is 0 Å². The summed E-state index contributed by atoms with van der Waals surface area (Å²) in [7, 11) is 0. The van der Waals surface area contributed by atoms with Crippen LogP contribution in [0.25, 0.3) is 0 Å². The van der Waals surface area contributed by atoms with Gasteiger partial charge in [-0.25, -0.2) is 0 Å². The first-order valence-corrected chi connectivity index (χ1v) is 7.35. The molecule has 3 heteroatoms. The van der Waals surface area contributed by atoms with Gasteiger partial charge in [0.2, 0.25) is 0 Å². The standard InChI is InChI=1S/C16H17BrN2/c1-12(2)18-11-19(14-9-7-13(17)8-10-14)16-6-4-3-5-15(16)18/h3-10,12H,11H2,1-2H3. The predicted octanol–water partition coefficient (Wildman–Crippen LogP) is 4.77. The van der Waals surface area contributed by atoms with Crippen molar-refractivity contribution in [1.82, 2.24) is 0 Å². The fraction of sp³-hybridized carbons (Fsp3) is 0.250. The third kappa shape index (κ3) is 2.23. The maximum Gasteiger partial charge on any atom is 0.0955 e. The molecule has 0 fully saturated rings. The molecule has 0 aromatic heterocycles. The molecule has 0 aliphatic carbocycles. The van der Waals surface area contributed by atoms with Crippen molar-refractivity contribution in [1.29, 1.82) is 0 Å². The van der Waals surface area contributed by atoms with Gasteiger partial charge in [-0.15, -0.1) is 0 Å². The number of nitrogens with zero attached hydrogens (tertiary/aromatic N) is 2. The molecular formula is C16H17BrN2. The van der Waals surface area contributed by atoms with Gasteiger partial charge >= 0.3 is 0 Å². The minimum atomic E-state index is 0.501. The monoisotopic (exact) mass is 316 g/mol. The molecule has 2 nitrogen and oxygen atoms in total. The molecule has 0 radical (unpaired) electrons. The molecule has 0 saturated carbocycles. The average molecular weight is 317 g/mol. The zero-order chi connectivity index (χ0) is 13.4. The largest absolute Gasteiger partial charge is 0.349 e. The Labute approximate surface area is 122 Å². The SMILES string of the molecule is CC(C)N1CN(c2ccc(Br)cc2)c2ccccc21. The lowest BCUT2D eigenvalue weighted by Crippen LogP contribution is -2.33. The van der Waals surface area contributed by atoms with Crippen LogP contribution in [0.2, 0.25) is 0 Å². The Balaban J connectivity index is 2.03. The van der Waals surface area contributed by atoms with E-state index in [1.807, 2.05) is 0 Å². The van der Waals surface area contributed by atoms with Crippen LogP contribution in [0.15, 0.2) is 53.0 Å². The van der Waals surface area contributed by atoms with Crippen LogP contribution < -0.4 is 9.80 Å². The van der Waals surface area contributed by atoms with E-state index in [0.717, 1.165) is 11.1 Å². The van der Waals surface area contributed by atoms with Crippen molar-refractivity contribution in [3.8, 4) is 0 Å². The number of hydrogen-bond donors (Lipinski definition) is 0. The highest BCUT2D eigenvalue weighted by atomic mass is 79.9. The molecule has 98 valence electrons.